The summed E-state index contributed by atoms with van der Waals surface area (Å²) in [6.45, 7) is 7.46. The summed E-state index contributed by atoms with van der Waals surface area (Å²) in [4.78, 5) is 17.9. The molecule has 1 aliphatic carbocycles. The van der Waals surface area contributed by atoms with Gasteiger partial charge >= 0.3 is 0 Å². The van der Waals surface area contributed by atoms with Crippen molar-refractivity contribution in [3.63, 3.8) is 0 Å². The fourth-order valence-corrected chi connectivity index (χ4v) is 6.27. The smallest absolute Gasteiger partial charge is 0.230 e. The number of hydrogen-bond acceptors (Lipinski definition) is 10. The summed E-state index contributed by atoms with van der Waals surface area (Å²) in [7, 11) is 0. The Morgan fingerprint density at radius 1 is 0.914 bits per heavy atom. The fourth-order valence-electron chi connectivity index (χ4n) is 5.49. The molecule has 0 spiro atoms. The van der Waals surface area contributed by atoms with Crippen LogP contribution in [0.25, 0.3) is 10.3 Å². The molecule has 10 nitrogen and oxygen atoms in total. The number of aryl methyl sites for hydroxylation is 1. The molecule has 0 unspecified atom stereocenters. The first-order valence-electron chi connectivity index (χ1n) is 12.8. The molecule has 0 amide bonds. The van der Waals surface area contributed by atoms with Crippen LogP contribution in [0.5, 0.6) is 0 Å². The van der Waals surface area contributed by atoms with Crippen LogP contribution < -0.4 is 10.6 Å². The van der Waals surface area contributed by atoms with Crippen molar-refractivity contribution in [1.82, 2.24) is 29.6 Å². The number of aromatic nitrogens is 5. The summed E-state index contributed by atoms with van der Waals surface area (Å²) in [5.41, 5.74) is 1.76. The van der Waals surface area contributed by atoms with Crippen molar-refractivity contribution in [1.29, 1.82) is 0 Å². The van der Waals surface area contributed by atoms with E-state index in [9.17, 15) is 0 Å². The van der Waals surface area contributed by atoms with Gasteiger partial charge in [0.05, 0.1) is 36.1 Å². The minimum Gasteiger partial charge on any atom is -0.381 e. The molecule has 0 atom stereocenters. The highest BCUT2D eigenvalue weighted by molar-refractivity contribution is 7.18. The van der Waals surface area contributed by atoms with Crippen LogP contribution in [0.1, 0.15) is 49.6 Å². The average Bonchev–Trinajstić information content (AvgIpc) is 3.52. The topological polar surface area (TPSA) is 102 Å². The second-order valence-electron chi connectivity index (χ2n) is 9.76. The molecule has 2 saturated heterocycles. The van der Waals surface area contributed by atoms with Gasteiger partial charge in [0.15, 0.2) is 10.6 Å². The Bertz CT molecular complexity index is 1130. The fraction of sp³-hybridized carbons (Fsp3) is 0.667. The molecular weight excluding hydrogens is 464 g/mol. The van der Waals surface area contributed by atoms with E-state index in [0.717, 1.165) is 92.1 Å². The number of nitrogens with zero attached hydrogens (tertiary/aromatic N) is 6. The zero-order valence-corrected chi connectivity index (χ0v) is 21.1. The Balaban J connectivity index is 1.15. The van der Waals surface area contributed by atoms with Crippen LogP contribution in [0.4, 0.5) is 17.5 Å². The number of rotatable bonds is 6. The zero-order valence-electron chi connectivity index (χ0n) is 20.3. The lowest BCUT2D eigenvalue weighted by atomic mass is 9.90. The summed E-state index contributed by atoms with van der Waals surface area (Å²) < 4.78 is 13.0. The summed E-state index contributed by atoms with van der Waals surface area (Å²) in [6, 6.07) is 1.46. The number of hydrogen-bond donors (Lipinski definition) is 2. The van der Waals surface area contributed by atoms with Crippen molar-refractivity contribution >= 4 is 39.1 Å². The van der Waals surface area contributed by atoms with Gasteiger partial charge in [0.25, 0.3) is 0 Å². The van der Waals surface area contributed by atoms with Gasteiger partial charge < -0.3 is 20.1 Å². The third-order valence-corrected chi connectivity index (χ3v) is 8.25. The van der Waals surface area contributed by atoms with E-state index < -0.39 is 0 Å². The third-order valence-electron chi connectivity index (χ3n) is 7.39. The average molecular weight is 499 g/mol. The molecule has 0 bridgehead atoms. The Morgan fingerprint density at radius 3 is 2.49 bits per heavy atom. The first-order valence-corrected chi connectivity index (χ1v) is 13.7. The van der Waals surface area contributed by atoms with Gasteiger partial charge in [0.1, 0.15) is 5.52 Å². The van der Waals surface area contributed by atoms with Gasteiger partial charge in [-0.1, -0.05) is 11.3 Å². The minimum absolute atomic E-state index is 0.386. The number of nitrogens with one attached hydrogen (secondary N) is 2. The molecule has 2 N–H and O–H groups in total. The highest BCUT2D eigenvalue weighted by atomic mass is 32.1. The monoisotopic (exact) mass is 498 g/mol. The molecule has 0 radical (unpaired) electrons. The number of thiazole rings is 1. The normalized spacial score (nSPS) is 24.6. The SMILES string of the molecule is Cc1nc2c(NC3CCC(N4CCOCC4)CC3)nc(Nc3cnn(C4CCOCC4)c3)nc2s1. The van der Waals surface area contributed by atoms with Gasteiger partial charge in [-0.05, 0) is 45.4 Å². The molecule has 3 fully saturated rings. The molecule has 6 rings (SSSR count). The standard InChI is InChI=1S/C24H34N8O2S/c1-16-26-21-22(27-17-2-4-19(5-3-17)31-8-12-34-13-9-31)29-24(30-23(21)35-16)28-18-14-25-32(15-18)20-6-10-33-11-7-20/h14-15,17,19-20H,2-13H2,1H3,(H2,27,28,29,30). The van der Waals surface area contributed by atoms with Crippen LogP contribution in [0.2, 0.25) is 0 Å². The largest absolute Gasteiger partial charge is 0.381 e. The highest BCUT2D eigenvalue weighted by Gasteiger charge is 2.28. The first-order chi connectivity index (χ1) is 17.2. The van der Waals surface area contributed by atoms with Crippen LogP contribution >= 0.6 is 11.3 Å². The summed E-state index contributed by atoms with van der Waals surface area (Å²) in [5.74, 6) is 1.41. The lowest BCUT2D eigenvalue weighted by Gasteiger charge is -2.39. The molecule has 3 aromatic rings. The highest BCUT2D eigenvalue weighted by Crippen LogP contribution is 2.31. The van der Waals surface area contributed by atoms with Crippen molar-refractivity contribution in [3.05, 3.63) is 17.4 Å². The molecule has 11 heteroatoms. The molecule has 3 aliphatic rings. The van der Waals surface area contributed by atoms with Crippen molar-refractivity contribution in [2.45, 2.75) is 63.6 Å². The minimum atomic E-state index is 0.386. The van der Waals surface area contributed by atoms with E-state index in [1.165, 1.54) is 12.8 Å². The molecule has 3 aromatic heterocycles. The molecule has 5 heterocycles. The molecule has 1 saturated carbocycles. The Kier molecular flexibility index (Phi) is 6.82. The number of ether oxygens (including phenoxy) is 2. The molecule has 188 valence electrons. The van der Waals surface area contributed by atoms with Gasteiger partial charge in [-0.3, -0.25) is 9.58 Å². The zero-order chi connectivity index (χ0) is 23.6. The third kappa shape index (κ3) is 5.28. The van der Waals surface area contributed by atoms with Gasteiger partial charge in [-0.2, -0.15) is 15.1 Å². The van der Waals surface area contributed by atoms with Crippen molar-refractivity contribution in [3.8, 4) is 0 Å². The Labute approximate surface area is 209 Å². The van der Waals surface area contributed by atoms with Crippen LogP contribution in [0.15, 0.2) is 12.4 Å². The van der Waals surface area contributed by atoms with Crippen LogP contribution in [0.3, 0.4) is 0 Å². The Morgan fingerprint density at radius 2 is 1.69 bits per heavy atom. The van der Waals surface area contributed by atoms with Crippen molar-refractivity contribution in [2.24, 2.45) is 0 Å². The lowest BCUT2D eigenvalue weighted by molar-refractivity contribution is 0.00791. The van der Waals surface area contributed by atoms with Gasteiger partial charge in [0, 0.05) is 44.6 Å². The number of morpholine rings is 1. The quantitative estimate of drug-likeness (QED) is 0.526. The van der Waals surface area contributed by atoms with E-state index in [1.807, 2.05) is 24.0 Å². The maximum Gasteiger partial charge on any atom is 0.230 e. The predicted octanol–water partition coefficient (Wildman–Crippen LogP) is 3.74. The van der Waals surface area contributed by atoms with E-state index >= 15 is 0 Å². The molecule has 35 heavy (non-hydrogen) atoms. The van der Waals surface area contributed by atoms with Crippen molar-refractivity contribution in [2.75, 3.05) is 50.2 Å². The molecule has 2 aliphatic heterocycles. The van der Waals surface area contributed by atoms with Gasteiger partial charge in [-0.25, -0.2) is 4.98 Å². The molecular formula is C24H34N8O2S. The van der Waals surface area contributed by atoms with E-state index in [0.29, 0.717) is 24.1 Å². The second kappa shape index (κ2) is 10.3. The van der Waals surface area contributed by atoms with Crippen molar-refractivity contribution < 1.29 is 9.47 Å². The molecule has 0 aromatic carbocycles. The predicted molar refractivity (Wildman–Crippen MR) is 137 cm³/mol. The van der Waals surface area contributed by atoms with Crippen LogP contribution in [0, 0.1) is 6.92 Å². The van der Waals surface area contributed by atoms with E-state index in [4.69, 9.17) is 24.4 Å². The van der Waals surface area contributed by atoms with Gasteiger partial charge in [-0.15, -0.1) is 0 Å². The van der Waals surface area contributed by atoms with E-state index in [1.54, 1.807) is 11.3 Å². The van der Waals surface area contributed by atoms with Gasteiger partial charge in [0.2, 0.25) is 5.95 Å². The summed E-state index contributed by atoms with van der Waals surface area (Å²) in [5, 5.41) is 12.7. The number of anilines is 3. The lowest BCUT2D eigenvalue weighted by Crippen LogP contribution is -2.46. The summed E-state index contributed by atoms with van der Waals surface area (Å²) >= 11 is 1.60. The van der Waals surface area contributed by atoms with E-state index in [-0.39, 0.29) is 0 Å². The van der Waals surface area contributed by atoms with Crippen LogP contribution in [-0.2, 0) is 9.47 Å². The number of fused-ring (bicyclic) bond motifs is 1. The second-order valence-corrected chi connectivity index (χ2v) is 10.9. The Hall–Kier alpha value is -2.34. The van der Waals surface area contributed by atoms with E-state index in [2.05, 4.69) is 20.6 Å². The van der Waals surface area contributed by atoms with Crippen LogP contribution in [-0.4, -0.2) is 81.2 Å². The summed E-state index contributed by atoms with van der Waals surface area (Å²) in [6.07, 6.45) is 10.6. The maximum atomic E-state index is 5.53. The maximum absolute atomic E-state index is 5.53. The first kappa shape index (κ1) is 23.1.